The van der Waals surface area contributed by atoms with E-state index in [0.29, 0.717) is 6.42 Å². The molecule has 2 fully saturated rings. The molecule has 0 aromatic heterocycles. The van der Waals surface area contributed by atoms with E-state index in [1.54, 1.807) is 0 Å². The van der Waals surface area contributed by atoms with Crippen LogP contribution in [0.25, 0.3) is 0 Å². The van der Waals surface area contributed by atoms with Crippen LogP contribution in [0.2, 0.25) is 0 Å². The van der Waals surface area contributed by atoms with Gasteiger partial charge in [-0.2, -0.15) is 5.26 Å². The minimum Gasteiger partial charge on any atom is -0.378 e. The molecule has 1 amide bonds. The molecule has 5 heteroatoms. The average Bonchev–Trinajstić information content (AvgIpc) is 2.55. The van der Waals surface area contributed by atoms with Crippen molar-refractivity contribution in [1.29, 1.82) is 5.26 Å². The summed E-state index contributed by atoms with van der Waals surface area (Å²) in [6.07, 6.45) is 6.07. The fraction of sp³-hybridized carbons (Fsp3) is 0.875. The Balaban J connectivity index is 1.69. The maximum absolute atomic E-state index is 12.2. The maximum atomic E-state index is 12.2. The summed E-state index contributed by atoms with van der Waals surface area (Å²) in [4.78, 5) is 16.4. The molecule has 118 valence electrons. The third-order valence-corrected chi connectivity index (χ3v) is 4.60. The summed E-state index contributed by atoms with van der Waals surface area (Å²) in [6.45, 7) is 6.03. The fourth-order valence-corrected chi connectivity index (χ4v) is 3.19. The van der Waals surface area contributed by atoms with Gasteiger partial charge in [-0.1, -0.05) is 6.92 Å². The molecule has 0 radical (unpaired) electrons. The first-order valence-electron chi connectivity index (χ1n) is 8.27. The largest absolute Gasteiger partial charge is 0.378 e. The molecule has 0 saturated carbocycles. The smallest absolute Gasteiger partial charge is 0.222 e. The Morgan fingerprint density at radius 2 is 2.10 bits per heavy atom. The average molecular weight is 293 g/mol. The van der Waals surface area contributed by atoms with Gasteiger partial charge in [0, 0.05) is 39.2 Å². The van der Waals surface area contributed by atoms with Gasteiger partial charge < -0.3 is 9.64 Å². The van der Waals surface area contributed by atoms with Gasteiger partial charge in [-0.05, 0) is 32.1 Å². The van der Waals surface area contributed by atoms with Crippen molar-refractivity contribution in [2.45, 2.75) is 57.6 Å². The van der Waals surface area contributed by atoms with Gasteiger partial charge in [-0.15, -0.1) is 0 Å². The highest BCUT2D eigenvalue weighted by Gasteiger charge is 2.25. The van der Waals surface area contributed by atoms with Gasteiger partial charge in [0.15, 0.2) is 0 Å². The van der Waals surface area contributed by atoms with Crippen LogP contribution in [0.3, 0.4) is 0 Å². The molecule has 0 bridgehead atoms. The minimum absolute atomic E-state index is 0.00195. The van der Waals surface area contributed by atoms with Crippen LogP contribution < -0.4 is 0 Å². The Hall–Kier alpha value is -1.12. The molecule has 0 N–H and O–H groups in total. The second kappa shape index (κ2) is 8.35. The minimum atomic E-state index is -0.00195. The van der Waals surface area contributed by atoms with Crippen LogP contribution in [-0.4, -0.2) is 60.6 Å². The summed E-state index contributed by atoms with van der Waals surface area (Å²) in [5.41, 5.74) is 0. The molecule has 2 aliphatic heterocycles. The van der Waals surface area contributed by atoms with Crippen LogP contribution in [0.15, 0.2) is 0 Å². The summed E-state index contributed by atoms with van der Waals surface area (Å²) in [5.74, 6) is 0.244. The Bertz CT molecular complexity index is 366. The van der Waals surface area contributed by atoms with E-state index in [2.05, 4.69) is 11.0 Å². The molecule has 2 atom stereocenters. The van der Waals surface area contributed by atoms with Crippen molar-refractivity contribution in [3.63, 3.8) is 0 Å². The highest BCUT2D eigenvalue weighted by atomic mass is 16.5. The van der Waals surface area contributed by atoms with Crippen molar-refractivity contribution in [2.75, 3.05) is 32.8 Å². The molecular formula is C16H27N3O2. The van der Waals surface area contributed by atoms with Gasteiger partial charge in [0.2, 0.25) is 5.91 Å². The Morgan fingerprint density at radius 1 is 1.33 bits per heavy atom. The Morgan fingerprint density at radius 3 is 2.67 bits per heavy atom. The summed E-state index contributed by atoms with van der Waals surface area (Å²) in [7, 11) is 0. The fourth-order valence-electron chi connectivity index (χ4n) is 3.19. The zero-order valence-electron chi connectivity index (χ0n) is 13.1. The van der Waals surface area contributed by atoms with Gasteiger partial charge in [0.1, 0.15) is 0 Å². The number of rotatable bonds is 5. The molecule has 2 heterocycles. The molecule has 2 saturated heterocycles. The SMILES string of the molecule is CCC(C#N)N1CCN(C(=O)CCC2CCCCO2)CC1. The van der Waals surface area contributed by atoms with Crippen LogP contribution in [-0.2, 0) is 9.53 Å². The molecule has 5 nitrogen and oxygen atoms in total. The molecule has 0 aromatic rings. The van der Waals surface area contributed by atoms with E-state index < -0.39 is 0 Å². The van der Waals surface area contributed by atoms with E-state index in [-0.39, 0.29) is 18.1 Å². The molecule has 2 aliphatic rings. The lowest BCUT2D eigenvalue weighted by molar-refractivity contribution is -0.134. The van der Waals surface area contributed by atoms with E-state index in [9.17, 15) is 4.79 Å². The quantitative estimate of drug-likeness (QED) is 0.775. The lowest BCUT2D eigenvalue weighted by Crippen LogP contribution is -2.51. The number of nitrogens with zero attached hydrogens (tertiary/aromatic N) is 3. The number of ether oxygens (including phenoxy) is 1. The number of carbonyl (C=O) groups is 1. The predicted molar refractivity (Wildman–Crippen MR) is 80.7 cm³/mol. The zero-order chi connectivity index (χ0) is 15.1. The van der Waals surface area contributed by atoms with Crippen LogP contribution in [0.5, 0.6) is 0 Å². The third-order valence-electron chi connectivity index (χ3n) is 4.60. The Labute approximate surface area is 127 Å². The molecule has 0 spiro atoms. The van der Waals surface area contributed by atoms with E-state index in [0.717, 1.165) is 58.5 Å². The molecule has 2 unspecified atom stereocenters. The van der Waals surface area contributed by atoms with Crippen molar-refractivity contribution in [3.8, 4) is 6.07 Å². The number of hydrogen-bond acceptors (Lipinski definition) is 4. The number of hydrogen-bond donors (Lipinski definition) is 0. The monoisotopic (exact) mass is 293 g/mol. The van der Waals surface area contributed by atoms with Crippen molar-refractivity contribution >= 4 is 5.91 Å². The number of carbonyl (C=O) groups excluding carboxylic acids is 1. The number of amides is 1. The van der Waals surface area contributed by atoms with Crippen molar-refractivity contribution in [3.05, 3.63) is 0 Å². The third kappa shape index (κ3) is 4.69. The van der Waals surface area contributed by atoms with Crippen LogP contribution >= 0.6 is 0 Å². The maximum Gasteiger partial charge on any atom is 0.222 e. The zero-order valence-corrected chi connectivity index (χ0v) is 13.1. The van der Waals surface area contributed by atoms with Gasteiger partial charge in [0.05, 0.1) is 18.2 Å². The molecular weight excluding hydrogens is 266 g/mol. The highest BCUT2D eigenvalue weighted by molar-refractivity contribution is 5.76. The lowest BCUT2D eigenvalue weighted by Gasteiger charge is -2.37. The van der Waals surface area contributed by atoms with Gasteiger partial charge in [-0.3, -0.25) is 9.69 Å². The standard InChI is InChI=1S/C16H27N3O2/c1-2-14(13-17)18-8-10-19(11-9-18)16(20)7-6-15-5-3-4-12-21-15/h14-15H,2-12H2,1H3. The van der Waals surface area contributed by atoms with Crippen LogP contribution in [0.1, 0.15) is 45.4 Å². The first-order valence-corrected chi connectivity index (χ1v) is 8.27. The number of piperazine rings is 1. The summed E-state index contributed by atoms with van der Waals surface area (Å²) < 4.78 is 5.68. The summed E-state index contributed by atoms with van der Waals surface area (Å²) in [5, 5.41) is 9.10. The van der Waals surface area contributed by atoms with Crippen molar-refractivity contribution in [1.82, 2.24) is 9.80 Å². The second-order valence-electron chi connectivity index (χ2n) is 6.00. The van der Waals surface area contributed by atoms with Gasteiger partial charge >= 0.3 is 0 Å². The van der Waals surface area contributed by atoms with E-state index in [1.165, 1.54) is 6.42 Å². The van der Waals surface area contributed by atoms with E-state index >= 15 is 0 Å². The normalized spacial score (nSPS) is 25.3. The first-order chi connectivity index (χ1) is 10.2. The Kier molecular flexibility index (Phi) is 6.47. The lowest BCUT2D eigenvalue weighted by atomic mass is 10.0. The second-order valence-corrected chi connectivity index (χ2v) is 6.00. The topological polar surface area (TPSA) is 56.6 Å². The molecule has 2 rings (SSSR count). The first kappa shape index (κ1) is 16.3. The van der Waals surface area contributed by atoms with Crippen LogP contribution in [0.4, 0.5) is 0 Å². The van der Waals surface area contributed by atoms with Crippen molar-refractivity contribution in [2.24, 2.45) is 0 Å². The van der Waals surface area contributed by atoms with Crippen LogP contribution in [0, 0.1) is 11.3 Å². The van der Waals surface area contributed by atoms with Gasteiger partial charge in [0.25, 0.3) is 0 Å². The highest BCUT2D eigenvalue weighted by Crippen LogP contribution is 2.18. The van der Waals surface area contributed by atoms with E-state index in [1.807, 2.05) is 11.8 Å². The van der Waals surface area contributed by atoms with Crippen molar-refractivity contribution < 1.29 is 9.53 Å². The predicted octanol–water partition coefficient (Wildman–Crippen LogP) is 1.78. The van der Waals surface area contributed by atoms with E-state index in [4.69, 9.17) is 10.00 Å². The summed E-state index contributed by atoms with van der Waals surface area (Å²) >= 11 is 0. The summed E-state index contributed by atoms with van der Waals surface area (Å²) in [6, 6.07) is 2.34. The molecule has 0 aromatic carbocycles. The number of nitriles is 1. The molecule has 21 heavy (non-hydrogen) atoms. The van der Waals surface area contributed by atoms with Gasteiger partial charge in [-0.25, -0.2) is 0 Å². The molecule has 0 aliphatic carbocycles.